The van der Waals surface area contributed by atoms with E-state index in [-0.39, 0.29) is 29.9 Å². The first-order chi connectivity index (χ1) is 10.2. The minimum atomic E-state index is 0. The molecular formula is C16H25IN4O. The molecule has 22 heavy (non-hydrogen) atoms. The van der Waals surface area contributed by atoms with E-state index in [0.29, 0.717) is 6.42 Å². The number of aliphatic imine (C=N–C) groups is 1. The molecule has 0 aromatic heterocycles. The van der Waals surface area contributed by atoms with Crippen molar-refractivity contribution in [3.63, 3.8) is 0 Å². The molecule has 0 spiro atoms. The fraction of sp³-hybridized carbons (Fsp3) is 0.500. The summed E-state index contributed by atoms with van der Waals surface area (Å²) in [5, 5.41) is 6.51. The van der Waals surface area contributed by atoms with Crippen LogP contribution in [-0.4, -0.2) is 32.0 Å². The van der Waals surface area contributed by atoms with Crippen LogP contribution in [0.2, 0.25) is 0 Å². The van der Waals surface area contributed by atoms with Crippen molar-refractivity contribution in [3.05, 3.63) is 29.8 Å². The number of nitrogens with zero attached hydrogens (tertiary/aromatic N) is 2. The molecule has 1 aromatic rings. The zero-order valence-corrected chi connectivity index (χ0v) is 15.6. The third-order valence-electron chi connectivity index (χ3n) is 3.55. The average Bonchev–Trinajstić information content (AvgIpc) is 2.94. The lowest BCUT2D eigenvalue weighted by atomic mass is 10.2. The minimum Gasteiger partial charge on any atom is -0.356 e. The predicted octanol–water partition coefficient (Wildman–Crippen LogP) is 2.51. The Kier molecular flexibility index (Phi) is 8.22. The van der Waals surface area contributed by atoms with Gasteiger partial charge in [0.15, 0.2) is 5.96 Å². The Morgan fingerprint density at radius 3 is 2.55 bits per heavy atom. The van der Waals surface area contributed by atoms with Gasteiger partial charge >= 0.3 is 0 Å². The van der Waals surface area contributed by atoms with E-state index in [2.05, 4.69) is 34.7 Å². The second-order valence-corrected chi connectivity index (χ2v) is 5.17. The quantitative estimate of drug-likeness (QED) is 0.441. The monoisotopic (exact) mass is 416 g/mol. The number of carbonyl (C=O) groups is 1. The average molecular weight is 416 g/mol. The first kappa shape index (κ1) is 18.7. The molecule has 0 atom stereocenters. The van der Waals surface area contributed by atoms with Crippen LogP contribution in [0, 0.1) is 0 Å². The Hall–Kier alpha value is -1.31. The van der Waals surface area contributed by atoms with Gasteiger partial charge < -0.3 is 15.5 Å². The summed E-state index contributed by atoms with van der Waals surface area (Å²) >= 11 is 0. The third-order valence-corrected chi connectivity index (χ3v) is 3.55. The van der Waals surface area contributed by atoms with Gasteiger partial charge in [0.05, 0.1) is 0 Å². The molecular weight excluding hydrogens is 391 g/mol. The molecule has 122 valence electrons. The number of amides is 1. The molecule has 0 radical (unpaired) electrons. The number of halogens is 1. The molecule has 1 aliphatic heterocycles. The summed E-state index contributed by atoms with van der Waals surface area (Å²) in [7, 11) is 1.77. The van der Waals surface area contributed by atoms with Gasteiger partial charge in [0.2, 0.25) is 5.91 Å². The summed E-state index contributed by atoms with van der Waals surface area (Å²) in [6, 6.07) is 8.15. The van der Waals surface area contributed by atoms with Crippen molar-refractivity contribution < 1.29 is 4.79 Å². The standard InChI is InChI=1S/C16H24N4O.HI/c1-3-10-18-16(17-2)19-12-13-6-8-14(9-7-13)20-11-4-5-15(20)21;/h6-9H,3-5,10-12H2,1-2H3,(H2,17,18,19);1H. The summed E-state index contributed by atoms with van der Waals surface area (Å²) in [6.07, 6.45) is 2.70. The molecule has 0 bridgehead atoms. The predicted molar refractivity (Wildman–Crippen MR) is 102 cm³/mol. The van der Waals surface area contributed by atoms with E-state index in [1.807, 2.05) is 17.0 Å². The van der Waals surface area contributed by atoms with Crippen molar-refractivity contribution in [1.82, 2.24) is 10.6 Å². The van der Waals surface area contributed by atoms with Crippen LogP contribution in [0.1, 0.15) is 31.7 Å². The first-order valence-electron chi connectivity index (χ1n) is 7.58. The second-order valence-electron chi connectivity index (χ2n) is 5.17. The highest BCUT2D eigenvalue weighted by Gasteiger charge is 2.21. The Bertz CT molecular complexity index is 501. The molecule has 1 aliphatic rings. The maximum Gasteiger partial charge on any atom is 0.227 e. The van der Waals surface area contributed by atoms with Crippen molar-refractivity contribution >= 4 is 41.5 Å². The summed E-state index contributed by atoms with van der Waals surface area (Å²) < 4.78 is 0. The smallest absolute Gasteiger partial charge is 0.227 e. The maximum absolute atomic E-state index is 11.7. The van der Waals surface area contributed by atoms with Gasteiger partial charge in [0.1, 0.15) is 0 Å². The van der Waals surface area contributed by atoms with Crippen LogP contribution in [0.4, 0.5) is 5.69 Å². The Balaban J connectivity index is 0.00000242. The zero-order chi connectivity index (χ0) is 15.1. The van der Waals surface area contributed by atoms with Gasteiger partial charge in [0, 0.05) is 38.8 Å². The highest BCUT2D eigenvalue weighted by molar-refractivity contribution is 14.0. The zero-order valence-electron chi connectivity index (χ0n) is 13.3. The maximum atomic E-state index is 11.7. The van der Waals surface area contributed by atoms with Gasteiger partial charge in [-0.15, -0.1) is 24.0 Å². The number of nitrogens with one attached hydrogen (secondary N) is 2. The molecule has 0 saturated carbocycles. The van der Waals surface area contributed by atoms with Gasteiger partial charge in [-0.05, 0) is 30.5 Å². The fourth-order valence-electron chi connectivity index (χ4n) is 2.36. The highest BCUT2D eigenvalue weighted by Crippen LogP contribution is 2.21. The number of anilines is 1. The molecule has 2 N–H and O–H groups in total. The molecule has 1 amide bonds. The molecule has 2 rings (SSSR count). The minimum absolute atomic E-state index is 0. The number of hydrogen-bond acceptors (Lipinski definition) is 2. The molecule has 1 saturated heterocycles. The summed E-state index contributed by atoms with van der Waals surface area (Å²) in [5.74, 6) is 1.04. The molecule has 6 heteroatoms. The molecule has 1 heterocycles. The lowest BCUT2D eigenvalue weighted by molar-refractivity contribution is -0.117. The number of benzene rings is 1. The van der Waals surface area contributed by atoms with Gasteiger partial charge in [0.25, 0.3) is 0 Å². The van der Waals surface area contributed by atoms with Crippen molar-refractivity contribution in [3.8, 4) is 0 Å². The van der Waals surface area contributed by atoms with E-state index in [1.54, 1.807) is 7.05 Å². The number of carbonyl (C=O) groups excluding carboxylic acids is 1. The molecule has 0 unspecified atom stereocenters. The largest absolute Gasteiger partial charge is 0.356 e. The SMILES string of the molecule is CCCNC(=NC)NCc1ccc(N2CCCC2=O)cc1.I. The van der Waals surface area contributed by atoms with E-state index in [9.17, 15) is 4.79 Å². The van der Waals surface area contributed by atoms with Gasteiger partial charge in [-0.25, -0.2) is 0 Å². The van der Waals surface area contributed by atoms with Crippen molar-refractivity contribution in [2.45, 2.75) is 32.7 Å². The van der Waals surface area contributed by atoms with E-state index in [1.165, 1.54) is 5.56 Å². The summed E-state index contributed by atoms with van der Waals surface area (Å²) in [6.45, 7) is 4.59. The van der Waals surface area contributed by atoms with Crippen LogP contribution in [-0.2, 0) is 11.3 Å². The van der Waals surface area contributed by atoms with Gasteiger partial charge in [-0.2, -0.15) is 0 Å². The molecule has 1 fully saturated rings. The van der Waals surface area contributed by atoms with Crippen LogP contribution in [0.3, 0.4) is 0 Å². The molecule has 0 aliphatic carbocycles. The summed E-state index contributed by atoms with van der Waals surface area (Å²) in [5.41, 5.74) is 2.17. The van der Waals surface area contributed by atoms with Crippen LogP contribution in [0.5, 0.6) is 0 Å². The van der Waals surface area contributed by atoms with Crippen molar-refractivity contribution in [2.24, 2.45) is 4.99 Å². The fourth-order valence-corrected chi connectivity index (χ4v) is 2.36. The lowest BCUT2D eigenvalue weighted by Gasteiger charge is -2.16. The first-order valence-corrected chi connectivity index (χ1v) is 7.58. The van der Waals surface area contributed by atoms with E-state index >= 15 is 0 Å². The normalized spacial score (nSPS) is 14.7. The summed E-state index contributed by atoms with van der Waals surface area (Å²) in [4.78, 5) is 17.7. The topological polar surface area (TPSA) is 56.7 Å². The number of rotatable bonds is 5. The Morgan fingerprint density at radius 2 is 2.00 bits per heavy atom. The van der Waals surface area contributed by atoms with Crippen LogP contribution >= 0.6 is 24.0 Å². The number of hydrogen-bond donors (Lipinski definition) is 2. The number of guanidine groups is 1. The van der Waals surface area contributed by atoms with Gasteiger partial charge in [-0.1, -0.05) is 19.1 Å². The Morgan fingerprint density at radius 1 is 1.27 bits per heavy atom. The Labute approximate surface area is 149 Å². The van der Waals surface area contributed by atoms with E-state index in [0.717, 1.165) is 44.1 Å². The molecule has 1 aromatic carbocycles. The van der Waals surface area contributed by atoms with E-state index in [4.69, 9.17) is 0 Å². The van der Waals surface area contributed by atoms with Crippen molar-refractivity contribution in [1.29, 1.82) is 0 Å². The molecule has 5 nitrogen and oxygen atoms in total. The lowest BCUT2D eigenvalue weighted by Crippen LogP contribution is -2.37. The van der Waals surface area contributed by atoms with E-state index < -0.39 is 0 Å². The third kappa shape index (κ3) is 5.15. The van der Waals surface area contributed by atoms with Crippen LogP contribution < -0.4 is 15.5 Å². The van der Waals surface area contributed by atoms with Crippen LogP contribution in [0.25, 0.3) is 0 Å². The second kappa shape index (κ2) is 9.66. The van der Waals surface area contributed by atoms with Crippen molar-refractivity contribution in [2.75, 3.05) is 25.0 Å². The van der Waals surface area contributed by atoms with Gasteiger partial charge in [-0.3, -0.25) is 9.79 Å². The van der Waals surface area contributed by atoms with Crippen LogP contribution in [0.15, 0.2) is 29.3 Å². The highest BCUT2D eigenvalue weighted by atomic mass is 127.